The zero-order chi connectivity index (χ0) is 19.2. The third kappa shape index (κ3) is 4.70. The molecule has 0 amide bonds. The van der Waals surface area contributed by atoms with E-state index >= 15 is 0 Å². The molecule has 0 aliphatic carbocycles. The first-order valence-electron chi connectivity index (χ1n) is 8.60. The summed E-state index contributed by atoms with van der Waals surface area (Å²) in [5.74, 6) is 0.485. The third-order valence-corrected chi connectivity index (χ3v) is 5.34. The predicted octanol–water partition coefficient (Wildman–Crippen LogP) is 3.37. The minimum atomic E-state index is -3.32. The molecule has 1 aromatic carbocycles. The highest BCUT2D eigenvalue weighted by molar-refractivity contribution is 7.92. The number of hydrogen-bond donors (Lipinski definition) is 2. The van der Waals surface area contributed by atoms with Crippen LogP contribution < -0.4 is 10.0 Å². The van der Waals surface area contributed by atoms with Crippen molar-refractivity contribution < 1.29 is 8.42 Å². The SMILES string of the molecule is CCCS(=O)(=O)Nc1ccc(Nc2nnc(CC)c(CC)c2C#N)cc1. The van der Waals surface area contributed by atoms with Crippen molar-refractivity contribution in [3.63, 3.8) is 0 Å². The van der Waals surface area contributed by atoms with Gasteiger partial charge in [0.2, 0.25) is 10.0 Å². The first kappa shape index (κ1) is 19.7. The molecule has 2 N–H and O–H groups in total. The fourth-order valence-electron chi connectivity index (χ4n) is 2.64. The average Bonchev–Trinajstić information content (AvgIpc) is 2.62. The first-order valence-corrected chi connectivity index (χ1v) is 10.2. The van der Waals surface area contributed by atoms with Crippen LogP contribution in [0.2, 0.25) is 0 Å². The van der Waals surface area contributed by atoms with E-state index in [1.807, 2.05) is 20.8 Å². The lowest BCUT2D eigenvalue weighted by molar-refractivity contribution is 0.600. The summed E-state index contributed by atoms with van der Waals surface area (Å²) in [5.41, 5.74) is 3.41. The second-order valence-electron chi connectivity index (χ2n) is 5.79. The minimum absolute atomic E-state index is 0.0810. The van der Waals surface area contributed by atoms with Crippen LogP contribution in [0.5, 0.6) is 0 Å². The Hall–Kier alpha value is -2.66. The van der Waals surface area contributed by atoms with E-state index in [-0.39, 0.29) is 5.75 Å². The van der Waals surface area contributed by atoms with Crippen LogP contribution in [-0.4, -0.2) is 24.4 Å². The van der Waals surface area contributed by atoms with Crippen molar-refractivity contribution in [2.75, 3.05) is 15.8 Å². The summed E-state index contributed by atoms with van der Waals surface area (Å²) in [4.78, 5) is 0. The normalized spacial score (nSPS) is 11.0. The Kier molecular flexibility index (Phi) is 6.52. The fraction of sp³-hybridized carbons (Fsp3) is 0.389. The molecule has 2 rings (SSSR count). The van der Waals surface area contributed by atoms with Crippen molar-refractivity contribution in [1.29, 1.82) is 5.26 Å². The van der Waals surface area contributed by atoms with Crippen LogP contribution in [-0.2, 0) is 22.9 Å². The summed E-state index contributed by atoms with van der Waals surface area (Å²) in [7, 11) is -3.32. The number of nitrogens with zero attached hydrogens (tertiary/aromatic N) is 3. The van der Waals surface area contributed by atoms with Gasteiger partial charge in [-0.2, -0.15) is 10.4 Å². The van der Waals surface area contributed by atoms with Gasteiger partial charge in [0, 0.05) is 11.4 Å². The van der Waals surface area contributed by atoms with Crippen LogP contribution in [0, 0.1) is 11.3 Å². The van der Waals surface area contributed by atoms with Crippen molar-refractivity contribution in [3.05, 3.63) is 41.1 Å². The van der Waals surface area contributed by atoms with E-state index in [1.165, 1.54) is 0 Å². The van der Waals surface area contributed by atoms with Gasteiger partial charge in [0.15, 0.2) is 5.82 Å². The molecule has 138 valence electrons. The van der Waals surface area contributed by atoms with Gasteiger partial charge in [-0.15, -0.1) is 5.10 Å². The summed E-state index contributed by atoms with van der Waals surface area (Å²) < 4.78 is 26.1. The Balaban J connectivity index is 2.23. The second-order valence-corrected chi connectivity index (χ2v) is 7.63. The van der Waals surface area contributed by atoms with Crippen LogP contribution in [0.15, 0.2) is 24.3 Å². The maximum atomic E-state index is 11.8. The molecule has 0 bridgehead atoms. The lowest BCUT2D eigenvalue weighted by atomic mass is 10.0. The lowest BCUT2D eigenvalue weighted by Crippen LogP contribution is -2.16. The number of sulfonamides is 1. The number of hydrogen-bond acceptors (Lipinski definition) is 6. The Morgan fingerprint density at radius 1 is 1.04 bits per heavy atom. The molecule has 8 heteroatoms. The molecule has 0 unspecified atom stereocenters. The molecule has 0 radical (unpaired) electrons. The van der Waals surface area contributed by atoms with E-state index in [1.54, 1.807) is 24.3 Å². The van der Waals surface area contributed by atoms with Gasteiger partial charge in [0.05, 0.1) is 11.4 Å². The van der Waals surface area contributed by atoms with Crippen molar-refractivity contribution in [2.24, 2.45) is 0 Å². The highest BCUT2D eigenvalue weighted by Gasteiger charge is 2.14. The Morgan fingerprint density at radius 2 is 1.69 bits per heavy atom. The monoisotopic (exact) mass is 373 g/mol. The molecule has 1 aromatic heterocycles. The van der Waals surface area contributed by atoms with E-state index in [4.69, 9.17) is 0 Å². The molecule has 26 heavy (non-hydrogen) atoms. The van der Waals surface area contributed by atoms with Gasteiger partial charge in [-0.3, -0.25) is 4.72 Å². The molecular formula is C18H23N5O2S. The van der Waals surface area contributed by atoms with Crippen LogP contribution in [0.4, 0.5) is 17.2 Å². The number of anilines is 3. The topological polar surface area (TPSA) is 108 Å². The average molecular weight is 373 g/mol. The number of nitrogens with one attached hydrogen (secondary N) is 2. The van der Waals surface area contributed by atoms with E-state index < -0.39 is 10.0 Å². The second kappa shape index (κ2) is 8.63. The number of nitriles is 1. The molecule has 0 spiro atoms. The molecule has 0 aliphatic rings. The predicted molar refractivity (Wildman–Crippen MR) is 103 cm³/mol. The maximum Gasteiger partial charge on any atom is 0.232 e. The Morgan fingerprint density at radius 3 is 2.23 bits per heavy atom. The summed E-state index contributed by atoms with van der Waals surface area (Å²) in [6.07, 6.45) is 1.98. The summed E-state index contributed by atoms with van der Waals surface area (Å²) in [6, 6.07) is 8.99. The molecule has 0 aliphatic heterocycles. The molecule has 7 nitrogen and oxygen atoms in total. The highest BCUT2D eigenvalue weighted by atomic mass is 32.2. The molecule has 0 fully saturated rings. The molecule has 0 saturated carbocycles. The van der Waals surface area contributed by atoms with Gasteiger partial charge in [-0.05, 0) is 49.1 Å². The van der Waals surface area contributed by atoms with Crippen LogP contribution >= 0.6 is 0 Å². The van der Waals surface area contributed by atoms with Gasteiger partial charge >= 0.3 is 0 Å². The van der Waals surface area contributed by atoms with Crippen LogP contribution in [0.3, 0.4) is 0 Å². The molecule has 0 atom stereocenters. The van der Waals surface area contributed by atoms with Gasteiger partial charge in [-0.1, -0.05) is 20.8 Å². The fourth-order valence-corrected chi connectivity index (χ4v) is 3.77. The smallest absolute Gasteiger partial charge is 0.232 e. The minimum Gasteiger partial charge on any atom is -0.338 e. The Labute approximate surface area is 154 Å². The van der Waals surface area contributed by atoms with Crippen molar-refractivity contribution >= 4 is 27.2 Å². The zero-order valence-corrected chi connectivity index (χ0v) is 16.0. The van der Waals surface area contributed by atoms with Crippen molar-refractivity contribution in [3.8, 4) is 6.07 Å². The van der Waals surface area contributed by atoms with Gasteiger partial charge < -0.3 is 5.32 Å². The van der Waals surface area contributed by atoms with Crippen LogP contribution in [0.1, 0.15) is 44.0 Å². The highest BCUT2D eigenvalue weighted by Crippen LogP contribution is 2.24. The van der Waals surface area contributed by atoms with E-state index in [2.05, 4.69) is 26.3 Å². The standard InChI is InChI=1S/C18H23N5O2S/c1-4-11-26(24,25)23-14-9-7-13(8-10-14)20-18-16(12-19)15(5-2)17(6-3)21-22-18/h7-10,23H,4-6,11H2,1-3H3,(H,20,22). The number of aryl methyl sites for hydroxylation is 1. The van der Waals surface area contributed by atoms with Gasteiger partial charge in [0.25, 0.3) is 0 Å². The third-order valence-electron chi connectivity index (χ3n) is 3.85. The lowest BCUT2D eigenvalue weighted by Gasteiger charge is -2.12. The number of benzene rings is 1. The van der Waals surface area contributed by atoms with Gasteiger partial charge in [-0.25, -0.2) is 8.42 Å². The molecule has 0 saturated heterocycles. The van der Waals surface area contributed by atoms with Gasteiger partial charge in [0.1, 0.15) is 11.6 Å². The van der Waals surface area contributed by atoms with Crippen molar-refractivity contribution in [1.82, 2.24) is 10.2 Å². The molecule has 1 heterocycles. The molecular weight excluding hydrogens is 350 g/mol. The van der Waals surface area contributed by atoms with E-state index in [9.17, 15) is 13.7 Å². The first-order chi connectivity index (χ1) is 12.4. The Bertz CT molecular complexity index is 902. The maximum absolute atomic E-state index is 11.8. The van der Waals surface area contributed by atoms with E-state index in [0.29, 0.717) is 35.6 Å². The summed E-state index contributed by atoms with van der Waals surface area (Å²) in [5, 5.41) is 20.9. The quantitative estimate of drug-likeness (QED) is 0.734. The summed E-state index contributed by atoms with van der Waals surface area (Å²) in [6.45, 7) is 5.78. The van der Waals surface area contributed by atoms with Crippen LogP contribution in [0.25, 0.3) is 0 Å². The van der Waals surface area contributed by atoms with Crippen molar-refractivity contribution in [2.45, 2.75) is 40.0 Å². The van der Waals surface area contributed by atoms with E-state index in [0.717, 1.165) is 17.7 Å². The summed E-state index contributed by atoms with van der Waals surface area (Å²) >= 11 is 0. The molecule has 2 aromatic rings. The zero-order valence-electron chi connectivity index (χ0n) is 15.2. The number of rotatable bonds is 8. The largest absolute Gasteiger partial charge is 0.338 e. The number of aromatic nitrogens is 2.